The minimum Gasteiger partial charge on any atom is -0.348 e. The van der Waals surface area contributed by atoms with Crippen LogP contribution in [0, 0.1) is 11.7 Å². The monoisotopic (exact) mass is 345 g/mol. The number of amides is 1. The Balaban J connectivity index is 1.85. The van der Waals surface area contributed by atoms with Crippen molar-refractivity contribution in [2.24, 2.45) is 5.92 Å². The maximum Gasteiger partial charge on any atom is 0.276 e. The molecule has 6 heteroatoms. The van der Waals surface area contributed by atoms with E-state index in [2.05, 4.69) is 22.4 Å². The third-order valence-corrected chi connectivity index (χ3v) is 5.10. The zero-order valence-electron chi connectivity index (χ0n) is 14.5. The van der Waals surface area contributed by atoms with E-state index >= 15 is 0 Å². The molecule has 0 bridgehead atoms. The van der Waals surface area contributed by atoms with Crippen LogP contribution >= 0.6 is 0 Å². The molecule has 2 aromatic rings. The molecule has 1 aliphatic carbocycles. The molecule has 2 N–H and O–H groups in total. The minimum absolute atomic E-state index is 0.0291. The standard InChI is InChI=1S/C19H24FN3O2/c1-2-7-15(12-8-4-3-5-9-12)21-19(25)17-18(24)13-10-6-11-14(20)16(13)22-23-17/h6,10-12,15H,2-5,7-9H2,1H3,(H,21,25)(H,22,24). The normalized spacial score (nSPS) is 16.7. The van der Waals surface area contributed by atoms with Crippen molar-refractivity contribution in [1.82, 2.24) is 15.5 Å². The largest absolute Gasteiger partial charge is 0.348 e. The van der Waals surface area contributed by atoms with Gasteiger partial charge in [-0.15, -0.1) is 0 Å². The fraction of sp³-hybridized carbons (Fsp3) is 0.526. The van der Waals surface area contributed by atoms with Crippen LogP contribution in [0.4, 0.5) is 4.39 Å². The lowest BCUT2D eigenvalue weighted by Gasteiger charge is -2.30. The highest BCUT2D eigenvalue weighted by molar-refractivity contribution is 5.95. The predicted octanol–water partition coefficient (Wildman–Crippen LogP) is 3.54. The molecule has 1 aromatic heterocycles. The highest BCUT2D eigenvalue weighted by Crippen LogP contribution is 2.28. The van der Waals surface area contributed by atoms with Crippen molar-refractivity contribution < 1.29 is 9.18 Å². The van der Waals surface area contributed by atoms with Crippen LogP contribution < -0.4 is 10.7 Å². The van der Waals surface area contributed by atoms with Crippen molar-refractivity contribution in [2.75, 3.05) is 0 Å². The summed E-state index contributed by atoms with van der Waals surface area (Å²) < 4.78 is 13.7. The Morgan fingerprint density at radius 3 is 2.84 bits per heavy atom. The van der Waals surface area contributed by atoms with Crippen molar-refractivity contribution in [1.29, 1.82) is 0 Å². The number of nitrogens with zero attached hydrogens (tertiary/aromatic N) is 1. The second-order valence-corrected chi connectivity index (χ2v) is 6.83. The molecule has 0 radical (unpaired) electrons. The topological polar surface area (TPSA) is 74.8 Å². The number of nitrogens with one attached hydrogen (secondary N) is 2. The van der Waals surface area contributed by atoms with Crippen LogP contribution in [0.5, 0.6) is 0 Å². The fourth-order valence-electron chi connectivity index (χ4n) is 3.78. The number of hydrogen-bond acceptors (Lipinski definition) is 3. The van der Waals surface area contributed by atoms with E-state index in [4.69, 9.17) is 0 Å². The van der Waals surface area contributed by atoms with Gasteiger partial charge in [-0.05, 0) is 37.3 Å². The molecule has 1 unspecified atom stereocenters. The molecular formula is C19H24FN3O2. The van der Waals surface area contributed by atoms with Crippen molar-refractivity contribution in [3.8, 4) is 0 Å². The highest BCUT2D eigenvalue weighted by atomic mass is 19.1. The Morgan fingerprint density at radius 1 is 1.36 bits per heavy atom. The van der Waals surface area contributed by atoms with Gasteiger partial charge in [-0.1, -0.05) is 38.7 Å². The molecule has 0 saturated heterocycles. The number of rotatable bonds is 5. The molecule has 0 spiro atoms. The van der Waals surface area contributed by atoms with Crippen LogP contribution in [-0.4, -0.2) is 22.1 Å². The minimum atomic E-state index is -0.555. The Bertz CT molecular complexity index is 812. The van der Waals surface area contributed by atoms with Crippen LogP contribution in [0.25, 0.3) is 10.9 Å². The van der Waals surface area contributed by atoms with Crippen LogP contribution in [0.3, 0.4) is 0 Å². The SMILES string of the molecule is CCCC(NC(=O)c1n[nH]c2c(F)cccc2c1=O)C1CCCCC1. The summed E-state index contributed by atoms with van der Waals surface area (Å²) in [5, 5.41) is 9.50. The summed E-state index contributed by atoms with van der Waals surface area (Å²) in [4.78, 5) is 25.2. The summed E-state index contributed by atoms with van der Waals surface area (Å²) in [5.74, 6) is -0.578. The molecule has 1 fully saturated rings. The van der Waals surface area contributed by atoms with E-state index in [1.807, 2.05) is 0 Å². The molecule has 1 aliphatic rings. The Labute approximate surface area is 146 Å². The van der Waals surface area contributed by atoms with Crippen LogP contribution in [-0.2, 0) is 0 Å². The molecule has 25 heavy (non-hydrogen) atoms. The summed E-state index contributed by atoms with van der Waals surface area (Å²) in [6.45, 7) is 2.09. The first-order valence-corrected chi connectivity index (χ1v) is 9.09. The molecule has 1 saturated carbocycles. The van der Waals surface area contributed by atoms with Gasteiger partial charge in [0.1, 0.15) is 11.3 Å². The average molecular weight is 345 g/mol. The lowest BCUT2D eigenvalue weighted by Crippen LogP contribution is -2.43. The third-order valence-electron chi connectivity index (χ3n) is 5.10. The van der Waals surface area contributed by atoms with Crippen molar-refractivity contribution in [3.05, 3.63) is 39.9 Å². The first kappa shape index (κ1) is 17.6. The Hall–Kier alpha value is -2.24. The van der Waals surface area contributed by atoms with E-state index in [1.165, 1.54) is 37.5 Å². The third kappa shape index (κ3) is 3.72. The van der Waals surface area contributed by atoms with Crippen molar-refractivity contribution >= 4 is 16.8 Å². The van der Waals surface area contributed by atoms with E-state index in [0.717, 1.165) is 25.7 Å². The number of benzene rings is 1. The molecule has 0 aliphatic heterocycles. The first-order valence-electron chi connectivity index (χ1n) is 9.09. The van der Waals surface area contributed by atoms with Crippen LogP contribution in [0.2, 0.25) is 0 Å². The maximum atomic E-state index is 13.7. The van der Waals surface area contributed by atoms with Gasteiger partial charge in [-0.25, -0.2) is 4.39 Å². The number of halogens is 1. The van der Waals surface area contributed by atoms with Gasteiger partial charge in [0.05, 0.1) is 5.39 Å². The van der Waals surface area contributed by atoms with Crippen molar-refractivity contribution in [2.45, 2.75) is 57.9 Å². The molecule has 1 aromatic carbocycles. The summed E-state index contributed by atoms with van der Waals surface area (Å²) in [6.07, 6.45) is 7.70. The molecule has 1 atom stereocenters. The average Bonchev–Trinajstić information content (AvgIpc) is 2.63. The van der Waals surface area contributed by atoms with E-state index in [-0.39, 0.29) is 22.6 Å². The molecule has 1 heterocycles. The molecular weight excluding hydrogens is 321 g/mol. The number of hydrogen-bond donors (Lipinski definition) is 2. The van der Waals surface area contributed by atoms with Crippen LogP contribution in [0.15, 0.2) is 23.0 Å². The van der Waals surface area contributed by atoms with Crippen molar-refractivity contribution in [3.63, 3.8) is 0 Å². The summed E-state index contributed by atoms with van der Waals surface area (Å²) in [7, 11) is 0. The van der Waals surface area contributed by atoms with Gasteiger partial charge in [0.2, 0.25) is 5.43 Å². The van der Waals surface area contributed by atoms with Gasteiger partial charge >= 0.3 is 0 Å². The predicted molar refractivity (Wildman–Crippen MR) is 95.1 cm³/mol. The summed E-state index contributed by atoms with van der Waals surface area (Å²) >= 11 is 0. The number of carbonyl (C=O) groups is 1. The molecule has 5 nitrogen and oxygen atoms in total. The van der Waals surface area contributed by atoms with Gasteiger partial charge in [0.15, 0.2) is 5.69 Å². The molecule has 1 amide bonds. The summed E-state index contributed by atoms with van der Waals surface area (Å²) in [5.41, 5.74) is -0.707. The number of para-hydroxylation sites is 1. The quantitative estimate of drug-likeness (QED) is 0.870. The van der Waals surface area contributed by atoms with Gasteiger partial charge < -0.3 is 5.32 Å². The number of aromatic nitrogens is 2. The highest BCUT2D eigenvalue weighted by Gasteiger charge is 2.26. The van der Waals surface area contributed by atoms with Gasteiger partial charge in [0.25, 0.3) is 5.91 Å². The Kier molecular flexibility index (Phi) is 5.46. The molecule has 3 rings (SSSR count). The second kappa shape index (κ2) is 7.76. The lowest BCUT2D eigenvalue weighted by atomic mass is 9.82. The number of H-pyrrole nitrogens is 1. The van der Waals surface area contributed by atoms with E-state index in [0.29, 0.717) is 5.92 Å². The summed E-state index contributed by atoms with van der Waals surface area (Å²) in [6, 6.07) is 4.26. The maximum absolute atomic E-state index is 13.7. The van der Waals surface area contributed by atoms with Gasteiger partial charge in [0, 0.05) is 6.04 Å². The van der Waals surface area contributed by atoms with E-state index in [9.17, 15) is 14.0 Å². The first-order chi connectivity index (χ1) is 12.1. The smallest absolute Gasteiger partial charge is 0.276 e. The van der Waals surface area contributed by atoms with E-state index < -0.39 is 17.2 Å². The zero-order valence-corrected chi connectivity index (χ0v) is 14.5. The van der Waals surface area contributed by atoms with E-state index in [1.54, 1.807) is 0 Å². The number of aromatic amines is 1. The number of carbonyl (C=O) groups excluding carboxylic acids is 1. The van der Waals surface area contributed by atoms with Crippen LogP contribution in [0.1, 0.15) is 62.4 Å². The fourth-order valence-corrected chi connectivity index (χ4v) is 3.78. The Morgan fingerprint density at radius 2 is 2.12 bits per heavy atom. The van der Waals surface area contributed by atoms with Gasteiger partial charge in [-0.2, -0.15) is 5.10 Å². The zero-order chi connectivity index (χ0) is 17.8. The second-order valence-electron chi connectivity index (χ2n) is 6.83. The molecule has 134 valence electrons. The number of fused-ring (bicyclic) bond motifs is 1. The lowest BCUT2D eigenvalue weighted by molar-refractivity contribution is 0.0902. The van der Waals surface area contributed by atoms with Gasteiger partial charge in [-0.3, -0.25) is 14.7 Å².